The largest absolute Gasteiger partial charge is 0.492 e. The summed E-state index contributed by atoms with van der Waals surface area (Å²) in [6.07, 6.45) is 7.10. The van der Waals surface area contributed by atoms with Gasteiger partial charge >= 0.3 is 0 Å². The van der Waals surface area contributed by atoms with E-state index in [4.69, 9.17) is 4.74 Å². The fourth-order valence-corrected chi connectivity index (χ4v) is 4.79. The maximum absolute atomic E-state index is 13.0. The third-order valence-corrected chi connectivity index (χ3v) is 6.16. The Morgan fingerprint density at radius 1 is 1.03 bits per heavy atom. The van der Waals surface area contributed by atoms with E-state index in [-0.39, 0.29) is 11.8 Å². The molecule has 7 heteroatoms. The van der Waals surface area contributed by atoms with Crippen LogP contribution in [-0.2, 0) is 12.8 Å². The van der Waals surface area contributed by atoms with Crippen molar-refractivity contribution in [1.29, 1.82) is 0 Å². The molecule has 2 amide bonds. The van der Waals surface area contributed by atoms with E-state index in [0.29, 0.717) is 29.3 Å². The Balaban J connectivity index is 1.46. The molecule has 1 aromatic carbocycles. The molecule has 30 heavy (non-hydrogen) atoms. The number of aromatic nitrogens is 1. The van der Waals surface area contributed by atoms with E-state index in [0.717, 1.165) is 37.0 Å². The second-order valence-corrected chi connectivity index (χ2v) is 8.13. The first-order valence-electron chi connectivity index (χ1n) is 10.0. The van der Waals surface area contributed by atoms with Crippen LogP contribution in [0, 0.1) is 0 Å². The molecule has 2 aromatic heterocycles. The number of amides is 2. The maximum Gasteiger partial charge on any atom is 0.257 e. The van der Waals surface area contributed by atoms with E-state index in [1.54, 1.807) is 18.3 Å². The minimum Gasteiger partial charge on any atom is -0.492 e. The Morgan fingerprint density at radius 3 is 2.67 bits per heavy atom. The van der Waals surface area contributed by atoms with Gasteiger partial charge in [0.2, 0.25) is 0 Å². The van der Waals surface area contributed by atoms with Crippen molar-refractivity contribution in [3.8, 4) is 5.75 Å². The van der Waals surface area contributed by atoms with Crippen molar-refractivity contribution in [2.45, 2.75) is 25.7 Å². The molecule has 0 aliphatic heterocycles. The molecule has 0 saturated carbocycles. The fourth-order valence-electron chi connectivity index (χ4n) is 3.51. The van der Waals surface area contributed by atoms with Gasteiger partial charge in [0.05, 0.1) is 17.7 Å². The number of thiophene rings is 1. The number of rotatable bonds is 7. The average Bonchev–Trinajstić information content (AvgIpc) is 3.15. The van der Waals surface area contributed by atoms with Crippen molar-refractivity contribution >= 4 is 28.2 Å². The highest BCUT2D eigenvalue weighted by Crippen LogP contribution is 2.38. The molecule has 2 heterocycles. The average molecular weight is 422 g/mol. The number of benzene rings is 1. The zero-order chi connectivity index (χ0) is 20.8. The number of hydrogen-bond acceptors (Lipinski definition) is 5. The van der Waals surface area contributed by atoms with Crippen LogP contribution in [0.4, 0.5) is 5.00 Å². The summed E-state index contributed by atoms with van der Waals surface area (Å²) >= 11 is 1.50. The highest BCUT2D eigenvalue weighted by Gasteiger charge is 2.26. The summed E-state index contributed by atoms with van der Waals surface area (Å²) < 4.78 is 5.65. The van der Waals surface area contributed by atoms with E-state index in [1.165, 1.54) is 22.4 Å². The van der Waals surface area contributed by atoms with Crippen LogP contribution in [0.25, 0.3) is 0 Å². The summed E-state index contributed by atoms with van der Waals surface area (Å²) in [5.74, 6) is 0.333. The van der Waals surface area contributed by atoms with Gasteiger partial charge in [0.15, 0.2) is 0 Å². The number of para-hydroxylation sites is 1. The van der Waals surface area contributed by atoms with Crippen molar-refractivity contribution in [1.82, 2.24) is 10.3 Å². The summed E-state index contributed by atoms with van der Waals surface area (Å²) in [6, 6.07) is 12.9. The van der Waals surface area contributed by atoms with Crippen LogP contribution in [-0.4, -0.2) is 29.9 Å². The first-order valence-corrected chi connectivity index (χ1v) is 10.9. The van der Waals surface area contributed by atoms with E-state index in [1.807, 2.05) is 30.3 Å². The highest BCUT2D eigenvalue weighted by molar-refractivity contribution is 7.17. The molecule has 1 aliphatic carbocycles. The molecule has 154 valence electrons. The van der Waals surface area contributed by atoms with E-state index >= 15 is 0 Å². The van der Waals surface area contributed by atoms with Crippen molar-refractivity contribution in [2.75, 3.05) is 18.5 Å². The lowest BCUT2D eigenvalue weighted by atomic mass is 9.95. The lowest BCUT2D eigenvalue weighted by Crippen LogP contribution is -2.29. The maximum atomic E-state index is 13.0. The number of hydrogen-bond donors (Lipinski definition) is 2. The molecule has 0 saturated heterocycles. The van der Waals surface area contributed by atoms with Gasteiger partial charge in [-0.3, -0.25) is 14.6 Å². The Kier molecular flexibility index (Phi) is 6.39. The number of anilines is 1. The molecular weight excluding hydrogens is 398 g/mol. The van der Waals surface area contributed by atoms with Crippen molar-refractivity contribution in [2.24, 2.45) is 0 Å². The van der Waals surface area contributed by atoms with Gasteiger partial charge in [-0.05, 0) is 55.5 Å². The number of carbonyl (C=O) groups excluding carboxylic acids is 2. The number of aryl methyl sites for hydroxylation is 1. The first-order chi connectivity index (χ1) is 14.7. The number of pyridine rings is 1. The molecule has 2 N–H and O–H groups in total. The molecular formula is C23H23N3O3S. The Bertz CT molecular complexity index is 1020. The Labute approximate surface area is 179 Å². The molecule has 0 radical (unpaired) electrons. The third kappa shape index (κ3) is 4.68. The number of nitrogens with zero attached hydrogens (tertiary/aromatic N) is 1. The minimum absolute atomic E-state index is 0.174. The van der Waals surface area contributed by atoms with Gasteiger partial charge in [0, 0.05) is 17.3 Å². The van der Waals surface area contributed by atoms with Gasteiger partial charge in [0.1, 0.15) is 17.4 Å². The quantitative estimate of drug-likeness (QED) is 0.563. The van der Waals surface area contributed by atoms with Gasteiger partial charge < -0.3 is 15.4 Å². The number of carbonyl (C=O) groups is 2. The predicted molar refractivity (Wildman–Crippen MR) is 117 cm³/mol. The molecule has 3 aromatic rings. The number of nitrogens with one attached hydrogen (secondary N) is 2. The molecule has 0 bridgehead atoms. The monoisotopic (exact) mass is 421 g/mol. The van der Waals surface area contributed by atoms with Gasteiger partial charge in [-0.2, -0.15) is 0 Å². The molecule has 0 atom stereocenters. The topological polar surface area (TPSA) is 80.3 Å². The number of fused-ring (bicyclic) bond motifs is 1. The number of ether oxygens (including phenoxy) is 1. The molecule has 0 spiro atoms. The second-order valence-electron chi connectivity index (χ2n) is 7.03. The lowest BCUT2D eigenvalue weighted by Gasteiger charge is -2.13. The smallest absolute Gasteiger partial charge is 0.257 e. The summed E-state index contributed by atoms with van der Waals surface area (Å²) in [5, 5.41) is 6.48. The van der Waals surface area contributed by atoms with Crippen LogP contribution < -0.4 is 15.4 Å². The SMILES string of the molecule is O=C(Nc1sc2c(c1C(=O)NCCOc1ccccc1)CCCC2)c1cccnc1. The summed E-state index contributed by atoms with van der Waals surface area (Å²) in [4.78, 5) is 30.8. The van der Waals surface area contributed by atoms with Crippen LogP contribution in [0.3, 0.4) is 0 Å². The van der Waals surface area contributed by atoms with Gasteiger partial charge in [0.25, 0.3) is 11.8 Å². The Hall–Kier alpha value is -3.19. The summed E-state index contributed by atoms with van der Waals surface area (Å²) in [7, 11) is 0. The normalized spacial score (nSPS) is 12.7. The van der Waals surface area contributed by atoms with Gasteiger partial charge in [-0.25, -0.2) is 0 Å². The fraction of sp³-hybridized carbons (Fsp3) is 0.261. The van der Waals surface area contributed by atoms with Crippen LogP contribution in [0.2, 0.25) is 0 Å². The summed E-state index contributed by atoms with van der Waals surface area (Å²) in [5.41, 5.74) is 2.12. The highest BCUT2D eigenvalue weighted by atomic mass is 32.1. The zero-order valence-electron chi connectivity index (χ0n) is 16.5. The molecule has 6 nitrogen and oxygen atoms in total. The third-order valence-electron chi connectivity index (χ3n) is 4.95. The van der Waals surface area contributed by atoms with Crippen molar-refractivity contribution in [3.63, 3.8) is 0 Å². The van der Waals surface area contributed by atoms with Crippen LogP contribution in [0.15, 0.2) is 54.9 Å². The molecule has 0 fully saturated rings. The minimum atomic E-state index is -0.261. The Morgan fingerprint density at radius 2 is 1.87 bits per heavy atom. The summed E-state index contributed by atoms with van der Waals surface area (Å²) in [6.45, 7) is 0.758. The molecule has 0 unspecified atom stereocenters. The van der Waals surface area contributed by atoms with Crippen LogP contribution in [0.5, 0.6) is 5.75 Å². The van der Waals surface area contributed by atoms with Gasteiger partial charge in [-0.15, -0.1) is 11.3 Å². The molecule has 4 rings (SSSR count). The second kappa shape index (κ2) is 9.54. The van der Waals surface area contributed by atoms with E-state index in [9.17, 15) is 9.59 Å². The van der Waals surface area contributed by atoms with Crippen molar-refractivity contribution in [3.05, 3.63) is 76.4 Å². The van der Waals surface area contributed by atoms with E-state index in [2.05, 4.69) is 15.6 Å². The van der Waals surface area contributed by atoms with E-state index < -0.39 is 0 Å². The lowest BCUT2D eigenvalue weighted by molar-refractivity contribution is 0.0947. The molecule has 1 aliphatic rings. The predicted octanol–water partition coefficient (Wildman–Crippen LogP) is 4.08. The van der Waals surface area contributed by atoms with Crippen molar-refractivity contribution < 1.29 is 14.3 Å². The van der Waals surface area contributed by atoms with Crippen LogP contribution in [0.1, 0.15) is 44.0 Å². The van der Waals surface area contributed by atoms with Gasteiger partial charge in [-0.1, -0.05) is 18.2 Å². The van der Waals surface area contributed by atoms with Crippen LogP contribution >= 0.6 is 11.3 Å². The zero-order valence-corrected chi connectivity index (χ0v) is 17.3. The standard InChI is InChI=1S/C23H23N3O3S/c27-21(16-7-6-12-24-15-16)26-23-20(18-10-4-5-11-19(18)30-23)22(28)25-13-14-29-17-8-2-1-3-9-17/h1-3,6-9,12,15H,4-5,10-11,13-14H2,(H,25,28)(H,26,27). The first kappa shape index (κ1) is 20.1.